The topological polar surface area (TPSA) is 96.5 Å². The molecular weight excluding hydrogens is 270 g/mol. The van der Waals surface area contributed by atoms with Crippen LogP contribution in [0.3, 0.4) is 0 Å². The largest absolute Gasteiger partial charge is 0.478 e. The minimum Gasteiger partial charge on any atom is -0.478 e. The first kappa shape index (κ1) is 15.0. The zero-order valence-electron chi connectivity index (χ0n) is 11.9. The van der Waals surface area contributed by atoms with Crippen LogP contribution in [0.2, 0.25) is 0 Å². The molecule has 2 heterocycles. The van der Waals surface area contributed by atoms with Crippen LogP contribution in [0, 0.1) is 5.92 Å². The molecule has 0 bridgehead atoms. The lowest BCUT2D eigenvalue weighted by molar-refractivity contribution is -0.131. The van der Waals surface area contributed by atoms with Crippen LogP contribution in [0.1, 0.15) is 25.3 Å². The highest BCUT2D eigenvalue weighted by molar-refractivity contribution is 5.86. The van der Waals surface area contributed by atoms with Crippen LogP contribution in [0.15, 0.2) is 24.4 Å². The number of primary amides is 1. The third kappa shape index (κ3) is 3.59. The van der Waals surface area contributed by atoms with Gasteiger partial charge in [-0.25, -0.2) is 9.78 Å². The third-order valence-electron chi connectivity index (χ3n) is 3.78. The van der Waals surface area contributed by atoms with E-state index in [4.69, 9.17) is 10.8 Å². The van der Waals surface area contributed by atoms with Crippen molar-refractivity contribution in [3.63, 3.8) is 0 Å². The van der Waals surface area contributed by atoms with Gasteiger partial charge in [0.25, 0.3) is 0 Å². The maximum atomic E-state index is 11.4. The molecule has 6 nitrogen and oxygen atoms in total. The molecule has 2 atom stereocenters. The Labute approximate surface area is 123 Å². The predicted molar refractivity (Wildman–Crippen MR) is 79.6 cm³/mol. The number of hydrogen-bond acceptors (Lipinski definition) is 4. The summed E-state index contributed by atoms with van der Waals surface area (Å²) >= 11 is 0. The second kappa shape index (κ2) is 6.39. The number of anilines is 1. The van der Waals surface area contributed by atoms with Crippen molar-refractivity contribution in [2.24, 2.45) is 11.7 Å². The van der Waals surface area contributed by atoms with Crippen molar-refractivity contribution in [2.45, 2.75) is 25.8 Å². The standard InChI is InChI=1S/C15H19N3O3/c1-10-4-5-12(14(16)21)9-18(10)15-11(3-2-8-17-15)6-7-13(19)20/h2-3,6-8,10,12H,4-5,9H2,1H3,(H2,16,21)(H,19,20)/b7-6+. The number of pyridine rings is 1. The summed E-state index contributed by atoms with van der Waals surface area (Å²) in [4.78, 5) is 28.5. The second-order valence-electron chi connectivity index (χ2n) is 5.27. The molecule has 2 unspecified atom stereocenters. The van der Waals surface area contributed by atoms with E-state index < -0.39 is 5.97 Å². The van der Waals surface area contributed by atoms with E-state index in [1.165, 1.54) is 6.08 Å². The van der Waals surface area contributed by atoms with Gasteiger partial charge in [0.1, 0.15) is 5.82 Å². The normalized spacial score (nSPS) is 22.4. The Morgan fingerprint density at radius 1 is 1.48 bits per heavy atom. The third-order valence-corrected chi connectivity index (χ3v) is 3.78. The van der Waals surface area contributed by atoms with Gasteiger partial charge in [0, 0.05) is 30.4 Å². The van der Waals surface area contributed by atoms with Crippen LogP contribution in [-0.4, -0.2) is 34.6 Å². The summed E-state index contributed by atoms with van der Waals surface area (Å²) in [5.74, 6) is -0.815. The van der Waals surface area contributed by atoms with Crippen LogP contribution in [0.25, 0.3) is 6.08 Å². The summed E-state index contributed by atoms with van der Waals surface area (Å²) in [6.07, 6.45) is 5.90. The fraction of sp³-hybridized carbons (Fsp3) is 0.400. The zero-order valence-corrected chi connectivity index (χ0v) is 11.9. The average Bonchev–Trinajstić information content (AvgIpc) is 2.45. The molecule has 0 aliphatic carbocycles. The summed E-state index contributed by atoms with van der Waals surface area (Å²) in [7, 11) is 0. The first-order chi connectivity index (χ1) is 9.99. The highest BCUT2D eigenvalue weighted by Gasteiger charge is 2.30. The van der Waals surface area contributed by atoms with Crippen molar-refractivity contribution in [1.82, 2.24) is 4.98 Å². The molecule has 1 aliphatic rings. The number of nitrogens with two attached hydrogens (primary N) is 1. The van der Waals surface area contributed by atoms with Gasteiger partial charge < -0.3 is 15.7 Å². The predicted octanol–water partition coefficient (Wildman–Crippen LogP) is 1.27. The summed E-state index contributed by atoms with van der Waals surface area (Å²) in [6, 6.07) is 3.79. The Kier molecular flexibility index (Phi) is 4.57. The van der Waals surface area contributed by atoms with E-state index in [1.807, 2.05) is 11.0 Å². The molecule has 6 heteroatoms. The van der Waals surface area contributed by atoms with Gasteiger partial charge in [-0.1, -0.05) is 0 Å². The molecular formula is C15H19N3O3. The smallest absolute Gasteiger partial charge is 0.328 e. The number of aromatic nitrogens is 1. The van der Waals surface area contributed by atoms with Gasteiger partial charge in [-0.3, -0.25) is 4.79 Å². The fourth-order valence-corrected chi connectivity index (χ4v) is 2.57. The molecule has 2 rings (SSSR count). The summed E-state index contributed by atoms with van der Waals surface area (Å²) in [6.45, 7) is 2.58. The van der Waals surface area contributed by atoms with Gasteiger partial charge in [0.15, 0.2) is 0 Å². The van der Waals surface area contributed by atoms with E-state index in [1.54, 1.807) is 12.3 Å². The maximum Gasteiger partial charge on any atom is 0.328 e. The zero-order chi connectivity index (χ0) is 15.4. The quantitative estimate of drug-likeness (QED) is 0.814. The number of carboxylic acids is 1. The minimum absolute atomic E-state index is 0.195. The van der Waals surface area contributed by atoms with Crippen molar-refractivity contribution in [3.8, 4) is 0 Å². The van der Waals surface area contributed by atoms with Crippen LogP contribution in [0.5, 0.6) is 0 Å². The van der Waals surface area contributed by atoms with Gasteiger partial charge in [0.2, 0.25) is 5.91 Å². The number of carbonyl (C=O) groups excluding carboxylic acids is 1. The highest BCUT2D eigenvalue weighted by Crippen LogP contribution is 2.29. The molecule has 1 saturated heterocycles. The van der Waals surface area contributed by atoms with E-state index in [0.717, 1.165) is 24.5 Å². The van der Waals surface area contributed by atoms with E-state index in [-0.39, 0.29) is 17.9 Å². The molecule has 112 valence electrons. The van der Waals surface area contributed by atoms with Gasteiger partial charge in [-0.2, -0.15) is 0 Å². The van der Waals surface area contributed by atoms with Crippen molar-refractivity contribution >= 4 is 23.8 Å². The lowest BCUT2D eigenvalue weighted by atomic mass is 9.92. The van der Waals surface area contributed by atoms with Gasteiger partial charge in [-0.05, 0) is 38.0 Å². The van der Waals surface area contributed by atoms with Gasteiger partial charge in [0.05, 0.1) is 5.92 Å². The van der Waals surface area contributed by atoms with E-state index in [2.05, 4.69) is 11.9 Å². The molecule has 1 fully saturated rings. The fourth-order valence-electron chi connectivity index (χ4n) is 2.57. The number of carboxylic acid groups (broad SMARTS) is 1. The molecule has 0 aromatic carbocycles. The van der Waals surface area contributed by atoms with Crippen LogP contribution < -0.4 is 10.6 Å². The number of hydrogen-bond donors (Lipinski definition) is 2. The number of aliphatic carboxylic acids is 1. The SMILES string of the molecule is CC1CCC(C(N)=O)CN1c1ncccc1/C=C/C(=O)O. The summed E-state index contributed by atoms with van der Waals surface area (Å²) in [5, 5.41) is 8.76. The first-order valence-electron chi connectivity index (χ1n) is 6.91. The van der Waals surface area contributed by atoms with Gasteiger partial charge >= 0.3 is 5.97 Å². The second-order valence-corrected chi connectivity index (χ2v) is 5.27. The lowest BCUT2D eigenvalue weighted by Crippen LogP contribution is -2.46. The monoisotopic (exact) mass is 289 g/mol. The van der Waals surface area contributed by atoms with Crippen molar-refractivity contribution in [2.75, 3.05) is 11.4 Å². The first-order valence-corrected chi connectivity index (χ1v) is 6.91. The Bertz CT molecular complexity index is 571. The molecule has 3 N–H and O–H groups in total. The number of nitrogens with zero attached hydrogens (tertiary/aromatic N) is 2. The van der Waals surface area contributed by atoms with Gasteiger partial charge in [-0.15, -0.1) is 0 Å². The number of rotatable bonds is 4. The molecule has 0 saturated carbocycles. The van der Waals surface area contributed by atoms with Crippen LogP contribution in [-0.2, 0) is 9.59 Å². The van der Waals surface area contributed by atoms with Crippen molar-refractivity contribution < 1.29 is 14.7 Å². The summed E-state index contributed by atoms with van der Waals surface area (Å²) in [5.41, 5.74) is 6.13. The molecule has 0 spiro atoms. The summed E-state index contributed by atoms with van der Waals surface area (Å²) < 4.78 is 0. The number of piperidine rings is 1. The molecule has 1 aromatic rings. The lowest BCUT2D eigenvalue weighted by Gasteiger charge is -2.38. The number of carbonyl (C=O) groups is 2. The van der Waals surface area contributed by atoms with Crippen LogP contribution in [0.4, 0.5) is 5.82 Å². The molecule has 1 aromatic heterocycles. The maximum absolute atomic E-state index is 11.4. The van der Waals surface area contributed by atoms with E-state index >= 15 is 0 Å². The molecule has 21 heavy (non-hydrogen) atoms. The average molecular weight is 289 g/mol. The molecule has 1 amide bonds. The Hall–Kier alpha value is -2.37. The molecule has 0 radical (unpaired) electrons. The Morgan fingerprint density at radius 2 is 2.24 bits per heavy atom. The van der Waals surface area contributed by atoms with E-state index in [9.17, 15) is 9.59 Å². The number of amides is 1. The van der Waals surface area contributed by atoms with Crippen molar-refractivity contribution in [1.29, 1.82) is 0 Å². The van der Waals surface area contributed by atoms with Crippen LogP contribution >= 0.6 is 0 Å². The highest BCUT2D eigenvalue weighted by atomic mass is 16.4. The molecule has 1 aliphatic heterocycles. The minimum atomic E-state index is -1.01. The Balaban J connectivity index is 2.31. The Morgan fingerprint density at radius 3 is 2.90 bits per heavy atom. The van der Waals surface area contributed by atoms with E-state index in [0.29, 0.717) is 12.4 Å². The van der Waals surface area contributed by atoms with Crippen molar-refractivity contribution in [3.05, 3.63) is 30.0 Å².